The van der Waals surface area contributed by atoms with E-state index in [1.165, 1.54) is 25.8 Å². The lowest BCUT2D eigenvalue weighted by Gasteiger charge is -2.15. The van der Waals surface area contributed by atoms with Crippen LogP contribution >= 0.6 is 0 Å². The van der Waals surface area contributed by atoms with Gasteiger partial charge in [0, 0.05) is 12.5 Å². The van der Waals surface area contributed by atoms with Crippen LogP contribution in [0.25, 0.3) is 5.65 Å². The van der Waals surface area contributed by atoms with Crippen LogP contribution in [0.2, 0.25) is 0 Å². The summed E-state index contributed by atoms with van der Waals surface area (Å²) >= 11 is 0. The van der Waals surface area contributed by atoms with Crippen molar-refractivity contribution < 1.29 is 19.0 Å². The fourth-order valence-corrected chi connectivity index (χ4v) is 2.85. The highest BCUT2D eigenvalue weighted by Crippen LogP contribution is 2.39. The predicted molar refractivity (Wildman–Crippen MR) is 103 cm³/mol. The Balaban J connectivity index is 1.98. The predicted octanol–water partition coefficient (Wildman–Crippen LogP) is 2.75. The number of carbonyl (C=O) groups excluding carboxylic acids is 1. The van der Waals surface area contributed by atoms with E-state index in [9.17, 15) is 4.79 Å². The third kappa shape index (κ3) is 3.68. The first-order chi connectivity index (χ1) is 13.6. The van der Waals surface area contributed by atoms with Crippen molar-refractivity contribution in [3.8, 4) is 17.2 Å². The molecule has 9 heteroatoms. The molecule has 1 N–H and O–H groups in total. The van der Waals surface area contributed by atoms with Crippen molar-refractivity contribution >= 4 is 17.5 Å². The molecule has 1 amide bonds. The number of hydrogen-bond donors (Lipinski definition) is 1. The minimum Gasteiger partial charge on any atom is -0.493 e. The number of methoxy groups -OCH3 is 3. The van der Waals surface area contributed by atoms with Gasteiger partial charge in [-0.05, 0) is 18.6 Å². The van der Waals surface area contributed by atoms with Gasteiger partial charge in [-0.3, -0.25) is 10.1 Å². The topological polar surface area (TPSA) is 99.9 Å². The molecule has 1 aromatic carbocycles. The third-order valence-corrected chi connectivity index (χ3v) is 4.23. The number of hydrogen-bond acceptors (Lipinski definition) is 7. The summed E-state index contributed by atoms with van der Waals surface area (Å²) in [5, 5.41) is 6.99. The molecule has 0 fully saturated rings. The highest BCUT2D eigenvalue weighted by molar-refractivity contribution is 6.06. The van der Waals surface area contributed by atoms with Crippen LogP contribution in [0.3, 0.4) is 0 Å². The van der Waals surface area contributed by atoms with E-state index in [0.717, 1.165) is 19.3 Å². The molecule has 3 aromatic rings. The first-order valence-corrected chi connectivity index (χ1v) is 8.93. The Bertz CT molecular complexity index is 986. The van der Waals surface area contributed by atoms with Gasteiger partial charge >= 0.3 is 0 Å². The van der Waals surface area contributed by atoms with Crippen molar-refractivity contribution in [2.45, 2.75) is 26.2 Å². The average Bonchev–Trinajstić information content (AvgIpc) is 3.19. The van der Waals surface area contributed by atoms with Gasteiger partial charge in [-0.15, -0.1) is 0 Å². The second-order valence-electron chi connectivity index (χ2n) is 6.00. The van der Waals surface area contributed by atoms with Crippen molar-refractivity contribution in [1.29, 1.82) is 0 Å². The smallest absolute Gasteiger partial charge is 0.261 e. The molecule has 148 valence electrons. The lowest BCUT2D eigenvalue weighted by Crippen LogP contribution is -2.18. The van der Waals surface area contributed by atoms with E-state index in [2.05, 4.69) is 27.3 Å². The van der Waals surface area contributed by atoms with Gasteiger partial charge in [-0.25, -0.2) is 4.98 Å². The van der Waals surface area contributed by atoms with Crippen LogP contribution in [0.1, 0.15) is 35.9 Å². The van der Waals surface area contributed by atoms with Gasteiger partial charge in [-0.1, -0.05) is 13.3 Å². The van der Waals surface area contributed by atoms with E-state index < -0.39 is 5.91 Å². The fourth-order valence-electron chi connectivity index (χ4n) is 2.85. The molecule has 0 atom stereocenters. The van der Waals surface area contributed by atoms with Gasteiger partial charge in [0.25, 0.3) is 5.91 Å². The van der Waals surface area contributed by atoms with E-state index in [1.54, 1.807) is 24.4 Å². The summed E-state index contributed by atoms with van der Waals surface area (Å²) in [6, 6.07) is 5.02. The van der Waals surface area contributed by atoms with Gasteiger partial charge in [0.15, 0.2) is 17.1 Å². The number of rotatable bonds is 8. The number of anilines is 1. The van der Waals surface area contributed by atoms with Gasteiger partial charge in [-0.2, -0.15) is 14.6 Å². The highest BCUT2D eigenvalue weighted by Gasteiger charge is 2.22. The normalized spacial score (nSPS) is 10.7. The number of aryl methyl sites for hydroxylation is 1. The second kappa shape index (κ2) is 8.55. The molecule has 0 saturated carbocycles. The number of amides is 1. The van der Waals surface area contributed by atoms with E-state index in [-0.39, 0.29) is 11.3 Å². The zero-order chi connectivity index (χ0) is 20.1. The summed E-state index contributed by atoms with van der Waals surface area (Å²) in [6.45, 7) is 2.10. The van der Waals surface area contributed by atoms with Crippen LogP contribution in [0, 0.1) is 0 Å². The number of fused-ring (bicyclic) bond motifs is 1. The largest absolute Gasteiger partial charge is 0.493 e. The zero-order valence-electron chi connectivity index (χ0n) is 16.4. The number of ether oxygens (including phenoxy) is 3. The number of unbranched alkanes of at least 4 members (excludes halogenated alkanes) is 1. The van der Waals surface area contributed by atoms with Crippen molar-refractivity contribution in [3.63, 3.8) is 0 Å². The minimum atomic E-state index is -0.408. The van der Waals surface area contributed by atoms with Gasteiger partial charge in [0.05, 0.1) is 33.1 Å². The van der Waals surface area contributed by atoms with Crippen LogP contribution in [0.15, 0.2) is 24.4 Å². The summed E-state index contributed by atoms with van der Waals surface area (Å²) in [4.78, 5) is 21.9. The molecule has 0 radical (unpaired) electrons. The standard InChI is InChI=1S/C19H23N5O4/c1-5-6-7-14-21-15-10-11-20-24(15)19(22-14)23-18(25)12-8-9-13(26-2)17(28-4)16(12)27-3/h8-11H,5-7H2,1-4H3,(H,21,22,23,25). The van der Waals surface area contributed by atoms with Crippen LogP contribution in [0.4, 0.5) is 5.95 Å². The summed E-state index contributed by atoms with van der Waals surface area (Å²) in [5.74, 6) is 1.63. The van der Waals surface area contributed by atoms with E-state index in [4.69, 9.17) is 14.2 Å². The maximum absolute atomic E-state index is 13.0. The fraction of sp³-hybridized carbons (Fsp3) is 0.368. The molecule has 0 aliphatic carbocycles. The number of nitrogens with one attached hydrogen (secondary N) is 1. The molecule has 2 heterocycles. The molecule has 3 rings (SSSR count). The quantitative estimate of drug-likeness (QED) is 0.636. The van der Waals surface area contributed by atoms with Crippen molar-refractivity contribution in [3.05, 3.63) is 35.8 Å². The highest BCUT2D eigenvalue weighted by atomic mass is 16.5. The van der Waals surface area contributed by atoms with E-state index >= 15 is 0 Å². The van der Waals surface area contributed by atoms with Gasteiger partial charge in [0.1, 0.15) is 5.82 Å². The molecule has 0 aliphatic heterocycles. The Morgan fingerprint density at radius 2 is 1.86 bits per heavy atom. The molecule has 2 aromatic heterocycles. The number of benzene rings is 1. The Morgan fingerprint density at radius 1 is 1.07 bits per heavy atom. The molecule has 0 spiro atoms. The third-order valence-electron chi connectivity index (χ3n) is 4.23. The average molecular weight is 385 g/mol. The number of carbonyl (C=O) groups is 1. The SMILES string of the molecule is CCCCc1nc(NC(=O)c2ccc(OC)c(OC)c2OC)n2nccc2n1. The Kier molecular flexibility index (Phi) is 5.93. The molecular weight excluding hydrogens is 362 g/mol. The summed E-state index contributed by atoms with van der Waals surface area (Å²) in [5.41, 5.74) is 0.907. The Morgan fingerprint density at radius 3 is 2.54 bits per heavy atom. The molecular formula is C19H23N5O4. The van der Waals surface area contributed by atoms with Gasteiger partial charge in [0.2, 0.25) is 11.7 Å². The van der Waals surface area contributed by atoms with Crippen LogP contribution in [-0.2, 0) is 6.42 Å². The maximum atomic E-state index is 13.0. The molecule has 0 saturated heterocycles. The van der Waals surface area contributed by atoms with Crippen LogP contribution < -0.4 is 19.5 Å². The van der Waals surface area contributed by atoms with Crippen LogP contribution in [0.5, 0.6) is 17.2 Å². The Hall–Kier alpha value is -3.36. The lowest BCUT2D eigenvalue weighted by atomic mass is 10.1. The monoisotopic (exact) mass is 385 g/mol. The lowest BCUT2D eigenvalue weighted by molar-refractivity contribution is 0.102. The molecule has 0 aliphatic rings. The first-order valence-electron chi connectivity index (χ1n) is 8.93. The van der Waals surface area contributed by atoms with Crippen molar-refractivity contribution in [2.24, 2.45) is 0 Å². The van der Waals surface area contributed by atoms with E-state index in [0.29, 0.717) is 28.9 Å². The zero-order valence-corrected chi connectivity index (χ0v) is 16.4. The molecule has 0 bridgehead atoms. The van der Waals surface area contributed by atoms with Crippen molar-refractivity contribution in [2.75, 3.05) is 26.6 Å². The van der Waals surface area contributed by atoms with E-state index in [1.807, 2.05) is 0 Å². The van der Waals surface area contributed by atoms with Crippen LogP contribution in [-0.4, -0.2) is 46.8 Å². The minimum absolute atomic E-state index is 0.274. The second-order valence-corrected chi connectivity index (χ2v) is 6.00. The first kappa shape index (κ1) is 19.4. The van der Waals surface area contributed by atoms with Crippen molar-refractivity contribution in [1.82, 2.24) is 19.6 Å². The summed E-state index contributed by atoms with van der Waals surface area (Å²) in [7, 11) is 4.47. The van der Waals surface area contributed by atoms with Gasteiger partial charge < -0.3 is 14.2 Å². The Labute approximate surface area is 162 Å². The maximum Gasteiger partial charge on any atom is 0.261 e. The molecule has 0 unspecified atom stereocenters. The summed E-state index contributed by atoms with van der Waals surface area (Å²) in [6.07, 6.45) is 4.32. The molecule has 28 heavy (non-hydrogen) atoms. The number of aromatic nitrogens is 4. The number of nitrogens with zero attached hydrogens (tertiary/aromatic N) is 4. The summed E-state index contributed by atoms with van der Waals surface area (Å²) < 4.78 is 17.5. The molecule has 9 nitrogen and oxygen atoms in total.